The Kier molecular flexibility index (Phi) is 10.3. The van der Waals surface area contributed by atoms with E-state index in [0.717, 1.165) is 24.9 Å². The van der Waals surface area contributed by atoms with E-state index in [4.69, 9.17) is 9.47 Å². The number of rotatable bonds is 13. The second-order valence-corrected chi connectivity index (χ2v) is 10.1. The first-order valence-electron chi connectivity index (χ1n) is 12.1. The van der Waals surface area contributed by atoms with Crippen LogP contribution >= 0.6 is 11.3 Å². The molecular formula is C26H37FN2O4S. The maximum Gasteiger partial charge on any atom is 0.237 e. The summed E-state index contributed by atoms with van der Waals surface area (Å²) in [5, 5.41) is 12.4. The average molecular weight is 493 g/mol. The van der Waals surface area contributed by atoms with Crippen LogP contribution in [0.3, 0.4) is 0 Å². The van der Waals surface area contributed by atoms with Crippen LogP contribution in [0, 0.1) is 11.7 Å². The fourth-order valence-electron chi connectivity index (χ4n) is 4.14. The van der Waals surface area contributed by atoms with Gasteiger partial charge in [0.15, 0.2) is 0 Å². The standard InChI is InChI=1S/C26H37FN2O4S/c1-4-32-17-21(30)15-28(12-9-19(2)3)16-26(31)29-13-10-25-23(11-14-34-25)24(29)18-33-22-7-5-20(27)6-8-22/h5-8,11,14,19,21,24,30H,4,9-10,12-13,15-18H2,1-3H3/t21-,24+/m0/s1. The molecular weight excluding hydrogens is 455 g/mol. The molecule has 0 bridgehead atoms. The summed E-state index contributed by atoms with van der Waals surface area (Å²) in [5.74, 6) is 0.794. The topological polar surface area (TPSA) is 62.2 Å². The number of aliphatic hydroxyl groups is 1. The third-order valence-electron chi connectivity index (χ3n) is 6.00. The van der Waals surface area contributed by atoms with E-state index in [1.54, 1.807) is 23.5 Å². The third kappa shape index (κ3) is 7.77. The van der Waals surface area contributed by atoms with Crippen LogP contribution in [0.15, 0.2) is 35.7 Å². The molecule has 0 saturated carbocycles. The van der Waals surface area contributed by atoms with E-state index in [0.29, 0.717) is 38.0 Å². The van der Waals surface area contributed by atoms with Crippen LogP contribution in [0.1, 0.15) is 43.7 Å². The maximum absolute atomic E-state index is 13.5. The molecule has 0 radical (unpaired) electrons. The van der Waals surface area contributed by atoms with Gasteiger partial charge in [-0.25, -0.2) is 4.39 Å². The van der Waals surface area contributed by atoms with E-state index in [1.165, 1.54) is 17.0 Å². The van der Waals surface area contributed by atoms with E-state index >= 15 is 0 Å². The van der Waals surface area contributed by atoms with Crippen LogP contribution in [0.25, 0.3) is 0 Å². The van der Waals surface area contributed by atoms with Crippen LogP contribution in [0.5, 0.6) is 5.75 Å². The van der Waals surface area contributed by atoms with Crippen molar-refractivity contribution in [3.05, 3.63) is 52.0 Å². The maximum atomic E-state index is 13.5. The van der Waals surface area contributed by atoms with Crippen LogP contribution in [0.4, 0.5) is 4.39 Å². The van der Waals surface area contributed by atoms with E-state index < -0.39 is 6.10 Å². The first-order chi connectivity index (χ1) is 16.4. The number of ether oxygens (including phenoxy) is 2. The first kappa shape index (κ1) is 26.6. The number of fused-ring (bicyclic) bond motifs is 1. The highest BCUT2D eigenvalue weighted by atomic mass is 32.1. The SMILES string of the molecule is CCOC[C@@H](O)CN(CCC(C)C)CC(=O)N1CCc2sccc2[C@H]1COc1ccc(F)cc1. The van der Waals surface area contributed by atoms with E-state index in [9.17, 15) is 14.3 Å². The van der Waals surface area contributed by atoms with Gasteiger partial charge in [0, 0.05) is 24.6 Å². The number of hydrogen-bond donors (Lipinski definition) is 1. The molecule has 8 heteroatoms. The zero-order valence-corrected chi connectivity index (χ0v) is 21.2. The number of aliphatic hydroxyl groups excluding tert-OH is 1. The van der Waals surface area contributed by atoms with E-state index in [1.807, 2.05) is 16.7 Å². The second-order valence-electron chi connectivity index (χ2n) is 9.15. The summed E-state index contributed by atoms with van der Waals surface area (Å²) < 4.78 is 24.6. The highest BCUT2D eigenvalue weighted by Gasteiger charge is 2.33. The minimum Gasteiger partial charge on any atom is -0.491 e. The third-order valence-corrected chi connectivity index (χ3v) is 7.00. The van der Waals surface area contributed by atoms with Gasteiger partial charge in [-0.3, -0.25) is 9.69 Å². The van der Waals surface area contributed by atoms with Crippen LogP contribution < -0.4 is 4.74 Å². The van der Waals surface area contributed by atoms with Crippen molar-refractivity contribution in [1.29, 1.82) is 0 Å². The molecule has 0 unspecified atom stereocenters. The molecule has 2 aromatic rings. The highest BCUT2D eigenvalue weighted by molar-refractivity contribution is 7.10. The fraction of sp³-hybridized carbons (Fsp3) is 0.577. The highest BCUT2D eigenvalue weighted by Crippen LogP contribution is 2.34. The lowest BCUT2D eigenvalue weighted by Crippen LogP contribution is -2.48. The predicted molar refractivity (Wildman–Crippen MR) is 133 cm³/mol. The summed E-state index contributed by atoms with van der Waals surface area (Å²) in [5.41, 5.74) is 1.12. The summed E-state index contributed by atoms with van der Waals surface area (Å²) in [4.78, 5) is 18.7. The normalized spacial score (nSPS) is 16.7. The molecule has 6 nitrogen and oxygen atoms in total. The Bertz CT molecular complexity index is 889. The fourth-order valence-corrected chi connectivity index (χ4v) is 5.07. The number of thiophene rings is 1. The second kappa shape index (κ2) is 13.2. The summed E-state index contributed by atoms with van der Waals surface area (Å²) in [6, 6.07) is 7.82. The largest absolute Gasteiger partial charge is 0.491 e. The minimum absolute atomic E-state index is 0.0249. The Morgan fingerprint density at radius 1 is 1.29 bits per heavy atom. The van der Waals surface area contributed by atoms with E-state index in [2.05, 4.69) is 25.3 Å². The van der Waals surface area contributed by atoms with Crippen molar-refractivity contribution in [3.63, 3.8) is 0 Å². The molecule has 2 heterocycles. The number of benzene rings is 1. The van der Waals surface area contributed by atoms with Crippen molar-refractivity contribution in [1.82, 2.24) is 9.80 Å². The van der Waals surface area contributed by atoms with Gasteiger partial charge in [-0.05, 0) is 73.5 Å². The predicted octanol–water partition coefficient (Wildman–Crippen LogP) is 4.14. The summed E-state index contributed by atoms with van der Waals surface area (Å²) >= 11 is 1.71. The number of halogens is 1. The Hall–Kier alpha value is -2.00. The zero-order chi connectivity index (χ0) is 24.5. The Morgan fingerprint density at radius 2 is 2.06 bits per heavy atom. The van der Waals surface area contributed by atoms with Gasteiger partial charge in [-0.2, -0.15) is 0 Å². The molecule has 1 aromatic carbocycles. The molecule has 1 amide bonds. The Labute approximate surface area is 206 Å². The lowest BCUT2D eigenvalue weighted by atomic mass is 10.00. The summed E-state index contributed by atoms with van der Waals surface area (Å²) in [6.07, 6.45) is 1.13. The molecule has 1 aromatic heterocycles. The smallest absolute Gasteiger partial charge is 0.237 e. The van der Waals surface area contributed by atoms with Crippen LogP contribution in [0.2, 0.25) is 0 Å². The summed E-state index contributed by atoms with van der Waals surface area (Å²) in [6.45, 7) is 9.33. The van der Waals surface area contributed by atoms with Crippen LogP contribution in [-0.2, 0) is 16.0 Å². The van der Waals surface area contributed by atoms with Gasteiger partial charge in [0.2, 0.25) is 5.91 Å². The van der Waals surface area contributed by atoms with Crippen molar-refractivity contribution in [3.8, 4) is 5.75 Å². The molecule has 3 rings (SSSR count). The van der Waals surface area contributed by atoms with Gasteiger partial charge in [0.1, 0.15) is 18.2 Å². The number of nitrogens with zero attached hydrogens (tertiary/aromatic N) is 2. The van der Waals surface area contributed by atoms with Crippen molar-refractivity contribution in [2.24, 2.45) is 5.92 Å². The lowest BCUT2D eigenvalue weighted by molar-refractivity contribution is -0.136. The van der Waals surface area contributed by atoms with Crippen molar-refractivity contribution < 1.29 is 23.8 Å². The molecule has 1 aliphatic heterocycles. The molecule has 0 aliphatic carbocycles. The monoisotopic (exact) mass is 492 g/mol. The minimum atomic E-state index is -0.637. The van der Waals surface area contributed by atoms with Crippen molar-refractivity contribution in [2.75, 3.05) is 46.0 Å². The average Bonchev–Trinajstić information content (AvgIpc) is 3.29. The molecule has 0 saturated heterocycles. The van der Waals surface area contributed by atoms with Gasteiger partial charge in [-0.15, -0.1) is 11.3 Å². The molecule has 0 spiro atoms. The molecule has 188 valence electrons. The molecule has 1 aliphatic rings. The molecule has 34 heavy (non-hydrogen) atoms. The number of carbonyl (C=O) groups is 1. The van der Waals surface area contributed by atoms with Crippen LogP contribution in [-0.4, -0.2) is 72.9 Å². The zero-order valence-electron chi connectivity index (χ0n) is 20.4. The molecule has 1 N–H and O–H groups in total. The van der Waals surface area contributed by atoms with Gasteiger partial charge in [0.25, 0.3) is 0 Å². The van der Waals surface area contributed by atoms with Gasteiger partial charge >= 0.3 is 0 Å². The van der Waals surface area contributed by atoms with Crippen molar-refractivity contribution in [2.45, 2.75) is 45.8 Å². The quantitative estimate of drug-likeness (QED) is 0.455. The Balaban J connectivity index is 1.70. The number of amides is 1. The van der Waals surface area contributed by atoms with E-state index in [-0.39, 0.29) is 30.9 Å². The summed E-state index contributed by atoms with van der Waals surface area (Å²) in [7, 11) is 0. The van der Waals surface area contributed by atoms with Gasteiger partial charge in [-0.1, -0.05) is 13.8 Å². The Morgan fingerprint density at radius 3 is 2.76 bits per heavy atom. The van der Waals surface area contributed by atoms with Gasteiger partial charge in [0.05, 0.1) is 25.3 Å². The van der Waals surface area contributed by atoms with Crippen molar-refractivity contribution >= 4 is 17.2 Å². The lowest BCUT2D eigenvalue weighted by Gasteiger charge is -2.37. The molecule has 2 atom stereocenters. The van der Waals surface area contributed by atoms with Gasteiger partial charge < -0.3 is 19.5 Å². The number of hydrogen-bond acceptors (Lipinski definition) is 6. The first-order valence-corrected chi connectivity index (χ1v) is 13.0. The number of carbonyl (C=O) groups excluding carboxylic acids is 1. The molecule has 0 fully saturated rings.